The van der Waals surface area contributed by atoms with Gasteiger partial charge in [-0.15, -0.1) is 5.10 Å². The summed E-state index contributed by atoms with van der Waals surface area (Å²) in [4.78, 5) is 22.4. The lowest BCUT2D eigenvalue weighted by atomic mass is 10.2. The molecule has 1 aromatic heterocycles. The molecule has 0 fully saturated rings. The number of hydrogen-bond donors (Lipinski definition) is 2. The predicted molar refractivity (Wildman–Crippen MR) is 72.3 cm³/mol. The summed E-state index contributed by atoms with van der Waals surface area (Å²) in [6.45, 7) is 1.83. The summed E-state index contributed by atoms with van der Waals surface area (Å²) < 4.78 is 1.31. The third-order valence-electron chi connectivity index (χ3n) is 2.38. The molecule has 0 radical (unpaired) electrons. The lowest BCUT2D eigenvalue weighted by molar-refractivity contribution is -0.133. The molecule has 0 spiro atoms. The molecule has 1 heterocycles. The van der Waals surface area contributed by atoms with E-state index in [1.54, 1.807) is 18.2 Å². The van der Waals surface area contributed by atoms with E-state index >= 15 is 0 Å². The van der Waals surface area contributed by atoms with E-state index < -0.39 is 11.7 Å². The molecule has 100 valence electrons. The van der Waals surface area contributed by atoms with Crippen LogP contribution in [0.3, 0.4) is 0 Å². The number of H-pyrrole nitrogens is 1. The van der Waals surface area contributed by atoms with Crippen LogP contribution in [0, 0.1) is 6.92 Å². The van der Waals surface area contributed by atoms with Crippen LogP contribution in [-0.4, -0.2) is 31.6 Å². The zero-order valence-electron chi connectivity index (χ0n) is 9.88. The van der Waals surface area contributed by atoms with Gasteiger partial charge in [-0.3, -0.25) is 4.79 Å². The Labute approximate surface area is 117 Å². The van der Waals surface area contributed by atoms with Gasteiger partial charge in [-0.05, 0) is 24.6 Å². The molecule has 6 nitrogen and oxygen atoms in total. The maximum atomic E-state index is 11.8. The summed E-state index contributed by atoms with van der Waals surface area (Å²) in [6, 6.07) is 5.14. The number of rotatable bonds is 4. The van der Waals surface area contributed by atoms with Crippen LogP contribution < -0.4 is 5.69 Å². The second-order valence-corrected chi connectivity index (χ2v) is 5.14. The molecule has 2 rings (SSSR count). The van der Waals surface area contributed by atoms with Crippen LogP contribution in [0.25, 0.3) is 5.69 Å². The van der Waals surface area contributed by atoms with Gasteiger partial charge in [0.25, 0.3) is 0 Å². The van der Waals surface area contributed by atoms with E-state index in [2.05, 4.69) is 10.2 Å². The Morgan fingerprint density at radius 2 is 2.32 bits per heavy atom. The fourth-order valence-electron chi connectivity index (χ4n) is 1.54. The quantitative estimate of drug-likeness (QED) is 0.839. The number of nitrogens with one attached hydrogen (secondary N) is 1. The molecule has 2 aromatic rings. The summed E-state index contributed by atoms with van der Waals surface area (Å²) in [6.07, 6.45) is 0. The third kappa shape index (κ3) is 2.99. The molecule has 0 atom stereocenters. The maximum absolute atomic E-state index is 11.8. The fourth-order valence-corrected chi connectivity index (χ4v) is 2.38. The minimum Gasteiger partial charge on any atom is -0.481 e. The van der Waals surface area contributed by atoms with Crippen molar-refractivity contribution in [3.05, 3.63) is 39.3 Å². The summed E-state index contributed by atoms with van der Waals surface area (Å²) in [5.74, 6) is -1.15. The Hall–Kier alpha value is -1.73. The normalized spacial score (nSPS) is 10.6. The summed E-state index contributed by atoms with van der Waals surface area (Å²) in [5.41, 5.74) is 0.988. The van der Waals surface area contributed by atoms with Crippen LogP contribution in [-0.2, 0) is 4.79 Å². The first kappa shape index (κ1) is 13.7. The van der Waals surface area contributed by atoms with Gasteiger partial charge in [-0.25, -0.2) is 14.5 Å². The highest BCUT2D eigenvalue weighted by Gasteiger charge is 2.14. The van der Waals surface area contributed by atoms with E-state index in [1.165, 1.54) is 4.57 Å². The Balaban J connectivity index is 2.49. The van der Waals surface area contributed by atoms with E-state index in [1.807, 2.05) is 6.92 Å². The van der Waals surface area contributed by atoms with Gasteiger partial charge in [-0.2, -0.15) is 0 Å². The molecule has 0 saturated heterocycles. The van der Waals surface area contributed by atoms with Gasteiger partial charge in [0.15, 0.2) is 5.16 Å². The Kier molecular flexibility index (Phi) is 3.96. The topological polar surface area (TPSA) is 88.0 Å². The van der Waals surface area contributed by atoms with Crippen LogP contribution in [0.1, 0.15) is 5.56 Å². The predicted octanol–water partition coefficient (Wildman–Crippen LogP) is 1.70. The van der Waals surface area contributed by atoms with Crippen molar-refractivity contribution in [2.75, 3.05) is 5.75 Å². The van der Waals surface area contributed by atoms with E-state index in [4.69, 9.17) is 16.7 Å². The summed E-state index contributed by atoms with van der Waals surface area (Å²) in [7, 11) is 0. The average molecular weight is 300 g/mol. The molecule has 0 aliphatic heterocycles. The number of thioether (sulfide) groups is 1. The molecule has 0 aliphatic rings. The van der Waals surface area contributed by atoms with Crippen molar-refractivity contribution in [3.8, 4) is 5.69 Å². The van der Waals surface area contributed by atoms with Gasteiger partial charge >= 0.3 is 11.7 Å². The highest BCUT2D eigenvalue weighted by molar-refractivity contribution is 7.99. The third-order valence-corrected chi connectivity index (χ3v) is 3.54. The standard InChI is InChI=1S/C11H10ClN3O3S/c1-6-2-3-7(12)4-8(6)15-10(18)13-14-11(15)19-5-9(16)17/h2-4H,5H2,1H3,(H,13,18)(H,16,17). The van der Waals surface area contributed by atoms with Gasteiger partial charge in [0.2, 0.25) is 0 Å². The number of aromatic nitrogens is 3. The van der Waals surface area contributed by atoms with Crippen LogP contribution in [0.4, 0.5) is 0 Å². The van der Waals surface area contributed by atoms with E-state index in [0.29, 0.717) is 10.7 Å². The first-order chi connectivity index (χ1) is 8.99. The fraction of sp³-hybridized carbons (Fsp3) is 0.182. The van der Waals surface area contributed by atoms with Gasteiger partial charge in [0.05, 0.1) is 11.4 Å². The minimum absolute atomic E-state index is 0.177. The zero-order chi connectivity index (χ0) is 14.0. The van der Waals surface area contributed by atoms with Crippen molar-refractivity contribution < 1.29 is 9.90 Å². The van der Waals surface area contributed by atoms with Crippen LogP contribution >= 0.6 is 23.4 Å². The molecule has 1 aromatic carbocycles. The number of aromatic amines is 1. The SMILES string of the molecule is Cc1ccc(Cl)cc1-n1c(SCC(=O)O)n[nH]c1=O. The Morgan fingerprint density at radius 3 is 3.00 bits per heavy atom. The molecule has 19 heavy (non-hydrogen) atoms. The zero-order valence-corrected chi connectivity index (χ0v) is 11.5. The molecule has 2 N–H and O–H groups in total. The number of halogens is 1. The second-order valence-electron chi connectivity index (χ2n) is 3.76. The van der Waals surface area contributed by atoms with Crippen molar-refractivity contribution in [2.24, 2.45) is 0 Å². The number of aryl methyl sites for hydroxylation is 1. The van der Waals surface area contributed by atoms with Crippen molar-refractivity contribution in [2.45, 2.75) is 12.1 Å². The van der Waals surface area contributed by atoms with Crippen LogP contribution in [0.15, 0.2) is 28.2 Å². The molecule has 0 aliphatic carbocycles. The number of carbonyl (C=O) groups is 1. The van der Waals surface area contributed by atoms with Gasteiger partial charge < -0.3 is 5.11 Å². The maximum Gasteiger partial charge on any atom is 0.348 e. The number of nitrogens with zero attached hydrogens (tertiary/aromatic N) is 2. The van der Waals surface area contributed by atoms with Gasteiger partial charge in [-0.1, -0.05) is 29.4 Å². The number of carboxylic acid groups (broad SMARTS) is 1. The Bertz CT molecular complexity index is 680. The van der Waals surface area contributed by atoms with Crippen molar-refractivity contribution in [3.63, 3.8) is 0 Å². The largest absolute Gasteiger partial charge is 0.481 e. The highest BCUT2D eigenvalue weighted by atomic mass is 35.5. The number of aliphatic carboxylic acids is 1. The molecule has 0 amide bonds. The monoisotopic (exact) mass is 299 g/mol. The molecule has 8 heteroatoms. The molecule has 0 bridgehead atoms. The smallest absolute Gasteiger partial charge is 0.348 e. The first-order valence-corrected chi connectivity index (χ1v) is 6.64. The minimum atomic E-state index is -0.977. The summed E-state index contributed by atoms with van der Waals surface area (Å²) in [5, 5.41) is 15.6. The van der Waals surface area contributed by atoms with Gasteiger partial charge in [0, 0.05) is 5.02 Å². The van der Waals surface area contributed by atoms with Crippen molar-refractivity contribution in [1.29, 1.82) is 0 Å². The number of hydrogen-bond acceptors (Lipinski definition) is 4. The van der Waals surface area contributed by atoms with Crippen LogP contribution in [0.2, 0.25) is 5.02 Å². The molecule has 0 unspecified atom stereocenters. The first-order valence-electron chi connectivity index (χ1n) is 5.27. The van der Waals surface area contributed by atoms with E-state index in [9.17, 15) is 9.59 Å². The lowest BCUT2D eigenvalue weighted by Crippen LogP contribution is -2.17. The summed E-state index contributed by atoms with van der Waals surface area (Å²) >= 11 is 6.88. The average Bonchev–Trinajstić information content (AvgIpc) is 2.71. The van der Waals surface area contributed by atoms with Gasteiger partial charge in [0.1, 0.15) is 0 Å². The second kappa shape index (κ2) is 5.50. The number of carboxylic acids is 1. The molecular formula is C11H10ClN3O3S. The van der Waals surface area contributed by atoms with Crippen LogP contribution in [0.5, 0.6) is 0 Å². The molecular weight excluding hydrogens is 290 g/mol. The van der Waals surface area contributed by atoms with Crippen molar-refractivity contribution in [1.82, 2.24) is 14.8 Å². The van der Waals surface area contributed by atoms with E-state index in [-0.39, 0.29) is 10.9 Å². The highest BCUT2D eigenvalue weighted by Crippen LogP contribution is 2.22. The Morgan fingerprint density at radius 1 is 1.58 bits per heavy atom. The van der Waals surface area contributed by atoms with Crippen molar-refractivity contribution >= 4 is 29.3 Å². The number of benzene rings is 1. The lowest BCUT2D eigenvalue weighted by Gasteiger charge is -2.08. The molecule has 0 saturated carbocycles. The van der Waals surface area contributed by atoms with E-state index in [0.717, 1.165) is 17.3 Å².